The second-order valence-corrected chi connectivity index (χ2v) is 4.10. The van der Waals surface area contributed by atoms with Gasteiger partial charge in [-0.05, 0) is 5.56 Å². The minimum Gasteiger partial charge on any atom is -0.382 e. The molecule has 2 nitrogen and oxygen atoms in total. The van der Waals surface area contributed by atoms with E-state index in [9.17, 15) is 13.2 Å². The van der Waals surface area contributed by atoms with E-state index in [1.54, 1.807) is 30.3 Å². The number of anilines is 1. The van der Waals surface area contributed by atoms with Gasteiger partial charge in [0, 0.05) is 0 Å². The number of halogens is 3. The summed E-state index contributed by atoms with van der Waals surface area (Å²) in [6.07, 6.45) is -4.44. The molecule has 16 heavy (non-hydrogen) atoms. The van der Waals surface area contributed by atoms with Crippen molar-refractivity contribution in [1.29, 1.82) is 0 Å². The van der Waals surface area contributed by atoms with E-state index < -0.39 is 11.2 Å². The average Bonchev–Trinajstić information content (AvgIpc) is 2.61. The molecule has 0 saturated heterocycles. The van der Waals surface area contributed by atoms with Crippen LogP contribution in [0.3, 0.4) is 0 Å². The van der Waals surface area contributed by atoms with Gasteiger partial charge >= 0.3 is 6.18 Å². The van der Waals surface area contributed by atoms with Crippen LogP contribution < -0.4 is 5.73 Å². The number of thiazole rings is 1. The van der Waals surface area contributed by atoms with Gasteiger partial charge in [0.15, 0.2) is 0 Å². The Balaban J connectivity index is 2.48. The van der Waals surface area contributed by atoms with Crippen molar-refractivity contribution in [3.8, 4) is 10.4 Å². The zero-order chi connectivity index (χ0) is 11.8. The van der Waals surface area contributed by atoms with E-state index in [0.717, 1.165) is 0 Å². The third kappa shape index (κ3) is 2.01. The second kappa shape index (κ2) is 3.79. The highest BCUT2D eigenvalue weighted by atomic mass is 32.1. The number of nitrogen functional groups attached to an aromatic ring is 1. The summed E-state index contributed by atoms with van der Waals surface area (Å²) in [6, 6.07) is 8.66. The normalized spacial score (nSPS) is 11.7. The fraction of sp³-hybridized carbons (Fsp3) is 0.100. The zero-order valence-corrected chi connectivity index (χ0v) is 8.77. The summed E-state index contributed by atoms with van der Waals surface area (Å²) in [5, 5.41) is -0.913. The topological polar surface area (TPSA) is 38.9 Å². The average molecular weight is 244 g/mol. The molecule has 0 aliphatic heterocycles. The van der Waals surface area contributed by atoms with Gasteiger partial charge in [-0.3, -0.25) is 0 Å². The van der Waals surface area contributed by atoms with Crippen molar-refractivity contribution in [3.05, 3.63) is 35.3 Å². The molecule has 0 spiro atoms. The fourth-order valence-corrected chi connectivity index (χ4v) is 2.11. The number of benzene rings is 1. The molecule has 2 aromatic rings. The first-order chi connectivity index (χ1) is 7.48. The highest BCUT2D eigenvalue weighted by Gasteiger charge is 2.35. The summed E-state index contributed by atoms with van der Waals surface area (Å²) in [7, 11) is 0. The molecule has 0 aliphatic carbocycles. The number of alkyl halides is 3. The molecule has 84 valence electrons. The van der Waals surface area contributed by atoms with Crippen LogP contribution in [0.5, 0.6) is 0 Å². The Kier molecular flexibility index (Phi) is 2.59. The molecular weight excluding hydrogens is 237 g/mol. The Hall–Kier alpha value is -1.56. The van der Waals surface area contributed by atoms with Gasteiger partial charge in [-0.15, -0.1) is 11.3 Å². The summed E-state index contributed by atoms with van der Waals surface area (Å²) in [5.74, 6) is -0.0801. The summed E-state index contributed by atoms with van der Waals surface area (Å²) in [4.78, 5) is 3.68. The molecule has 2 N–H and O–H groups in total. The number of hydrogen-bond acceptors (Lipinski definition) is 3. The van der Waals surface area contributed by atoms with Crippen LogP contribution in [0.4, 0.5) is 19.0 Å². The maximum absolute atomic E-state index is 12.4. The number of nitrogens with zero attached hydrogens (tertiary/aromatic N) is 1. The molecule has 0 aliphatic rings. The molecule has 2 rings (SSSR count). The fourth-order valence-electron chi connectivity index (χ4n) is 1.25. The van der Waals surface area contributed by atoms with E-state index in [2.05, 4.69) is 4.98 Å². The summed E-state index contributed by atoms with van der Waals surface area (Å²) in [5.41, 5.74) is 6.12. The molecule has 0 saturated carbocycles. The predicted molar refractivity (Wildman–Crippen MR) is 57.0 cm³/mol. The lowest BCUT2D eigenvalue weighted by molar-refractivity contribution is -0.137. The number of nitrogens with two attached hydrogens (primary N) is 1. The van der Waals surface area contributed by atoms with Gasteiger partial charge in [-0.1, -0.05) is 30.3 Å². The first-order valence-corrected chi connectivity index (χ1v) is 5.19. The van der Waals surface area contributed by atoms with Crippen molar-refractivity contribution in [2.45, 2.75) is 6.18 Å². The second-order valence-electron chi connectivity index (χ2n) is 3.10. The Morgan fingerprint density at radius 3 is 2.25 bits per heavy atom. The van der Waals surface area contributed by atoms with Crippen LogP contribution in [-0.2, 0) is 6.18 Å². The predicted octanol–water partition coefficient (Wildman–Crippen LogP) is 3.41. The molecule has 0 bridgehead atoms. The Labute approximate surface area is 93.5 Å². The van der Waals surface area contributed by atoms with Gasteiger partial charge in [0.2, 0.25) is 5.01 Å². The molecule has 0 amide bonds. The van der Waals surface area contributed by atoms with Crippen molar-refractivity contribution in [2.75, 3.05) is 5.73 Å². The quantitative estimate of drug-likeness (QED) is 0.834. The van der Waals surface area contributed by atoms with Crippen LogP contribution >= 0.6 is 11.3 Å². The van der Waals surface area contributed by atoms with E-state index in [-0.39, 0.29) is 5.82 Å². The van der Waals surface area contributed by atoms with Crippen LogP contribution in [0, 0.1) is 0 Å². The summed E-state index contributed by atoms with van der Waals surface area (Å²) in [6.45, 7) is 0. The van der Waals surface area contributed by atoms with Gasteiger partial charge in [-0.2, -0.15) is 13.2 Å². The third-order valence-electron chi connectivity index (χ3n) is 1.93. The van der Waals surface area contributed by atoms with E-state index in [1.807, 2.05) is 0 Å². The molecular formula is C10H7F3N2S. The molecule has 1 aromatic heterocycles. The minimum atomic E-state index is -4.44. The minimum absolute atomic E-state index is 0.0801. The molecule has 0 radical (unpaired) electrons. The van der Waals surface area contributed by atoms with Gasteiger partial charge in [0.25, 0.3) is 0 Å². The van der Waals surface area contributed by atoms with Crippen LogP contribution in [0.2, 0.25) is 0 Å². The van der Waals surface area contributed by atoms with Crippen LogP contribution in [0.25, 0.3) is 10.4 Å². The Morgan fingerprint density at radius 2 is 1.75 bits per heavy atom. The van der Waals surface area contributed by atoms with Gasteiger partial charge in [0.05, 0.1) is 4.88 Å². The smallest absolute Gasteiger partial charge is 0.382 e. The third-order valence-corrected chi connectivity index (χ3v) is 3.10. The van der Waals surface area contributed by atoms with Crippen molar-refractivity contribution in [3.63, 3.8) is 0 Å². The van der Waals surface area contributed by atoms with Crippen molar-refractivity contribution in [1.82, 2.24) is 4.98 Å². The van der Waals surface area contributed by atoms with Crippen LogP contribution in [-0.4, -0.2) is 4.98 Å². The highest BCUT2D eigenvalue weighted by molar-refractivity contribution is 7.15. The SMILES string of the molecule is Nc1nc(C(F)(F)F)sc1-c1ccccc1. The molecule has 1 aromatic carbocycles. The number of rotatable bonds is 1. The zero-order valence-electron chi connectivity index (χ0n) is 7.95. The lowest BCUT2D eigenvalue weighted by Crippen LogP contribution is -2.03. The van der Waals surface area contributed by atoms with Crippen LogP contribution in [0.1, 0.15) is 5.01 Å². The van der Waals surface area contributed by atoms with Crippen LogP contribution in [0.15, 0.2) is 30.3 Å². The number of aromatic nitrogens is 1. The first-order valence-electron chi connectivity index (χ1n) is 4.37. The Bertz CT molecular complexity index is 491. The maximum atomic E-state index is 12.4. The Morgan fingerprint density at radius 1 is 1.12 bits per heavy atom. The standard InChI is InChI=1S/C10H7F3N2S/c11-10(12,13)9-15-8(14)7(16-9)6-4-2-1-3-5-6/h1-5H,14H2. The van der Waals surface area contributed by atoms with Gasteiger partial charge in [0.1, 0.15) is 5.82 Å². The van der Waals surface area contributed by atoms with E-state index in [0.29, 0.717) is 21.8 Å². The largest absolute Gasteiger partial charge is 0.443 e. The summed E-state index contributed by atoms with van der Waals surface area (Å²) < 4.78 is 37.2. The monoisotopic (exact) mass is 244 g/mol. The highest BCUT2D eigenvalue weighted by Crippen LogP contribution is 2.39. The lowest BCUT2D eigenvalue weighted by Gasteiger charge is -1.98. The van der Waals surface area contributed by atoms with E-state index in [4.69, 9.17) is 5.73 Å². The van der Waals surface area contributed by atoms with Crippen molar-refractivity contribution < 1.29 is 13.2 Å². The molecule has 6 heteroatoms. The molecule has 1 heterocycles. The molecule has 0 atom stereocenters. The van der Waals surface area contributed by atoms with E-state index >= 15 is 0 Å². The lowest BCUT2D eigenvalue weighted by atomic mass is 10.2. The molecule has 0 fully saturated rings. The maximum Gasteiger partial charge on any atom is 0.443 e. The van der Waals surface area contributed by atoms with Crippen molar-refractivity contribution >= 4 is 17.2 Å². The van der Waals surface area contributed by atoms with Gasteiger partial charge < -0.3 is 5.73 Å². The summed E-state index contributed by atoms with van der Waals surface area (Å²) >= 11 is 0.558. The molecule has 0 unspecified atom stereocenters. The van der Waals surface area contributed by atoms with E-state index in [1.165, 1.54) is 0 Å². The van der Waals surface area contributed by atoms with Gasteiger partial charge in [-0.25, -0.2) is 4.98 Å². The first kappa shape index (κ1) is 10.9. The van der Waals surface area contributed by atoms with Crippen molar-refractivity contribution in [2.24, 2.45) is 0 Å². The number of hydrogen-bond donors (Lipinski definition) is 1.